The fourth-order valence-corrected chi connectivity index (χ4v) is 3.33. The van der Waals surface area contributed by atoms with E-state index in [4.69, 9.17) is 0 Å². The van der Waals surface area contributed by atoms with Crippen molar-refractivity contribution in [2.75, 3.05) is 0 Å². The summed E-state index contributed by atoms with van der Waals surface area (Å²) in [5.41, 5.74) is 0.637. The van der Waals surface area contributed by atoms with E-state index in [0.29, 0.717) is 19.3 Å². The van der Waals surface area contributed by atoms with Crippen molar-refractivity contribution < 1.29 is 9.90 Å². The van der Waals surface area contributed by atoms with E-state index in [-0.39, 0.29) is 11.5 Å². The largest absolute Gasteiger partial charge is 0.512 e. The molecule has 0 aliphatic heterocycles. The van der Waals surface area contributed by atoms with E-state index in [0.717, 1.165) is 12.8 Å². The minimum absolute atomic E-state index is 0.177. The van der Waals surface area contributed by atoms with Crippen molar-refractivity contribution in [1.29, 1.82) is 0 Å². The summed E-state index contributed by atoms with van der Waals surface area (Å²) in [6.45, 7) is 1.88. The van der Waals surface area contributed by atoms with Gasteiger partial charge in [0.15, 0.2) is 0 Å². The van der Waals surface area contributed by atoms with Gasteiger partial charge in [-0.15, -0.1) is 0 Å². The number of halogens is 1. The number of hydrogen-bond acceptors (Lipinski definition) is 2. The molecular weight excluding hydrogens is 280 g/mol. The number of allylic oxidation sites excluding steroid dienone is 4. The van der Waals surface area contributed by atoms with Crippen LogP contribution in [0, 0.1) is 5.41 Å². The molecule has 0 heterocycles. The summed E-state index contributed by atoms with van der Waals surface area (Å²) < 4.78 is 1.25. The normalized spacial score (nSPS) is 30.5. The Bertz CT molecular complexity index is 395. The Morgan fingerprint density at radius 1 is 1.35 bits per heavy atom. The fourth-order valence-electron chi connectivity index (χ4n) is 2.72. The summed E-state index contributed by atoms with van der Waals surface area (Å²) in [5, 5.41) is 10.0. The van der Waals surface area contributed by atoms with E-state index < -0.39 is 5.41 Å². The van der Waals surface area contributed by atoms with Crippen molar-refractivity contribution in [2.45, 2.75) is 51.9 Å². The highest BCUT2D eigenvalue weighted by Gasteiger charge is 2.40. The minimum Gasteiger partial charge on any atom is -0.512 e. The summed E-state index contributed by atoms with van der Waals surface area (Å²) in [6, 6.07) is 0. The Morgan fingerprint density at radius 3 is 2.71 bits per heavy atom. The van der Waals surface area contributed by atoms with Gasteiger partial charge in [-0.25, -0.2) is 0 Å². The molecule has 0 aromatic rings. The Kier molecular flexibility index (Phi) is 3.76. The summed E-state index contributed by atoms with van der Waals surface area (Å²) in [6.07, 6.45) is 8.26. The minimum atomic E-state index is -0.677. The van der Waals surface area contributed by atoms with Crippen LogP contribution in [0.4, 0.5) is 0 Å². The molecule has 0 spiro atoms. The van der Waals surface area contributed by atoms with Gasteiger partial charge in [0.05, 0.1) is 5.41 Å². The van der Waals surface area contributed by atoms with Crippen LogP contribution >= 0.6 is 15.9 Å². The monoisotopic (exact) mass is 298 g/mol. The molecule has 1 atom stereocenters. The van der Waals surface area contributed by atoms with E-state index >= 15 is 0 Å². The van der Waals surface area contributed by atoms with E-state index in [1.165, 1.54) is 22.9 Å². The highest BCUT2D eigenvalue weighted by molar-refractivity contribution is 9.11. The topological polar surface area (TPSA) is 37.3 Å². The van der Waals surface area contributed by atoms with Crippen molar-refractivity contribution in [3.05, 3.63) is 21.9 Å². The Balaban J connectivity index is 2.24. The van der Waals surface area contributed by atoms with Crippen LogP contribution in [0.2, 0.25) is 0 Å². The molecule has 17 heavy (non-hydrogen) atoms. The SMILES string of the molecule is CC1(CC2=C(Br)CCCC2)C(=O)CCC=C1O. The lowest BCUT2D eigenvalue weighted by atomic mass is 9.72. The van der Waals surface area contributed by atoms with Gasteiger partial charge in [0.25, 0.3) is 0 Å². The number of aliphatic hydroxyl groups excluding tert-OH is 1. The van der Waals surface area contributed by atoms with Crippen LogP contribution < -0.4 is 0 Å². The van der Waals surface area contributed by atoms with Crippen LogP contribution in [-0.2, 0) is 4.79 Å². The Hall–Kier alpha value is -0.570. The zero-order valence-electron chi connectivity index (χ0n) is 10.3. The number of carbonyl (C=O) groups is 1. The Morgan fingerprint density at radius 2 is 2.06 bits per heavy atom. The van der Waals surface area contributed by atoms with Gasteiger partial charge >= 0.3 is 0 Å². The first-order chi connectivity index (χ1) is 8.04. The van der Waals surface area contributed by atoms with Crippen LogP contribution in [0.1, 0.15) is 51.9 Å². The highest BCUT2D eigenvalue weighted by Crippen LogP contribution is 2.42. The van der Waals surface area contributed by atoms with Gasteiger partial charge in [-0.3, -0.25) is 4.79 Å². The van der Waals surface area contributed by atoms with Crippen LogP contribution in [0.25, 0.3) is 0 Å². The molecule has 94 valence electrons. The zero-order valence-corrected chi connectivity index (χ0v) is 11.8. The third-order valence-corrected chi connectivity index (χ3v) is 4.92. The first-order valence-electron chi connectivity index (χ1n) is 6.33. The van der Waals surface area contributed by atoms with Crippen LogP contribution in [0.3, 0.4) is 0 Å². The molecule has 1 N–H and O–H groups in total. The number of aliphatic hydroxyl groups is 1. The number of rotatable bonds is 2. The van der Waals surface area contributed by atoms with Crippen molar-refractivity contribution >= 4 is 21.7 Å². The summed E-state index contributed by atoms with van der Waals surface area (Å²) in [4.78, 5) is 12.1. The van der Waals surface area contributed by atoms with Gasteiger partial charge in [-0.05, 0) is 56.0 Å². The molecule has 3 heteroatoms. The Labute approximate surface area is 111 Å². The van der Waals surface area contributed by atoms with E-state index in [1.54, 1.807) is 6.08 Å². The van der Waals surface area contributed by atoms with Gasteiger partial charge in [0, 0.05) is 6.42 Å². The molecule has 0 fully saturated rings. The number of hydrogen-bond donors (Lipinski definition) is 1. The third-order valence-electron chi connectivity index (χ3n) is 3.97. The first kappa shape index (κ1) is 12.9. The lowest BCUT2D eigenvalue weighted by Gasteiger charge is -2.32. The molecule has 2 rings (SSSR count). The first-order valence-corrected chi connectivity index (χ1v) is 7.12. The maximum absolute atomic E-state index is 12.1. The van der Waals surface area contributed by atoms with Crippen molar-refractivity contribution in [2.24, 2.45) is 5.41 Å². The second-order valence-corrected chi connectivity index (χ2v) is 6.23. The standard InChI is InChI=1S/C14H19BrO2/c1-14(12(16)7-4-8-13(14)17)9-10-5-2-3-6-11(10)15/h7,16H,2-6,8-9H2,1H3. The molecule has 0 aromatic carbocycles. The molecule has 0 bridgehead atoms. The van der Waals surface area contributed by atoms with Crippen LogP contribution in [-0.4, -0.2) is 10.9 Å². The quantitative estimate of drug-likeness (QED) is 0.820. The van der Waals surface area contributed by atoms with Gasteiger partial charge in [-0.1, -0.05) is 21.5 Å². The molecular formula is C14H19BrO2. The van der Waals surface area contributed by atoms with Crippen molar-refractivity contribution in [3.8, 4) is 0 Å². The molecule has 2 aliphatic carbocycles. The number of ketones is 1. The molecule has 2 nitrogen and oxygen atoms in total. The molecule has 0 aromatic heterocycles. The van der Waals surface area contributed by atoms with E-state index in [1.807, 2.05) is 6.92 Å². The van der Waals surface area contributed by atoms with Crippen LogP contribution in [0.15, 0.2) is 21.9 Å². The highest BCUT2D eigenvalue weighted by atomic mass is 79.9. The average Bonchev–Trinajstić information content (AvgIpc) is 2.30. The van der Waals surface area contributed by atoms with Gasteiger partial charge in [0.1, 0.15) is 11.5 Å². The number of carbonyl (C=O) groups excluding carboxylic acids is 1. The molecule has 2 aliphatic rings. The maximum atomic E-state index is 12.1. The second-order valence-electron chi connectivity index (χ2n) is 5.28. The van der Waals surface area contributed by atoms with Gasteiger partial charge in [0.2, 0.25) is 0 Å². The van der Waals surface area contributed by atoms with Gasteiger partial charge < -0.3 is 5.11 Å². The molecule has 1 unspecified atom stereocenters. The van der Waals surface area contributed by atoms with E-state index in [2.05, 4.69) is 15.9 Å². The smallest absolute Gasteiger partial charge is 0.146 e. The van der Waals surface area contributed by atoms with Crippen LogP contribution in [0.5, 0.6) is 0 Å². The van der Waals surface area contributed by atoms with Crippen molar-refractivity contribution in [1.82, 2.24) is 0 Å². The third kappa shape index (κ3) is 2.49. The molecule has 0 saturated heterocycles. The molecule has 0 saturated carbocycles. The summed E-state index contributed by atoms with van der Waals surface area (Å²) in [5.74, 6) is 0.447. The number of Topliss-reactive ketones (excluding diaryl/α,β-unsaturated/α-hetero) is 1. The predicted octanol–water partition coefficient (Wildman–Crippen LogP) is 4.41. The molecule has 0 radical (unpaired) electrons. The fraction of sp³-hybridized carbons (Fsp3) is 0.643. The predicted molar refractivity (Wildman–Crippen MR) is 72.1 cm³/mol. The zero-order chi connectivity index (χ0) is 12.5. The summed E-state index contributed by atoms with van der Waals surface area (Å²) >= 11 is 3.61. The lowest BCUT2D eigenvalue weighted by molar-refractivity contribution is -0.128. The average molecular weight is 299 g/mol. The molecule has 0 amide bonds. The van der Waals surface area contributed by atoms with Gasteiger partial charge in [-0.2, -0.15) is 0 Å². The maximum Gasteiger partial charge on any atom is 0.146 e. The second kappa shape index (κ2) is 4.97. The van der Waals surface area contributed by atoms with Crippen molar-refractivity contribution in [3.63, 3.8) is 0 Å². The summed E-state index contributed by atoms with van der Waals surface area (Å²) in [7, 11) is 0. The van der Waals surface area contributed by atoms with E-state index in [9.17, 15) is 9.90 Å². The lowest BCUT2D eigenvalue weighted by Crippen LogP contribution is -2.33.